The predicted molar refractivity (Wildman–Crippen MR) is 142 cm³/mol. The van der Waals surface area contributed by atoms with Crippen molar-refractivity contribution in [3.8, 4) is 0 Å². The summed E-state index contributed by atoms with van der Waals surface area (Å²) in [5, 5.41) is 4.39. The molecule has 1 saturated heterocycles. The second kappa shape index (κ2) is 10.9. The lowest BCUT2D eigenvalue weighted by Gasteiger charge is -2.29. The van der Waals surface area contributed by atoms with Crippen LogP contribution >= 0.6 is 23.1 Å². The smallest absolute Gasteiger partial charge is 0.273 e. The van der Waals surface area contributed by atoms with E-state index >= 15 is 0 Å². The molecular weight excluding hydrogens is 466 g/mol. The normalized spacial score (nSPS) is 14.8. The molecule has 0 saturated carbocycles. The van der Waals surface area contributed by atoms with Crippen molar-refractivity contribution < 1.29 is 4.79 Å². The lowest BCUT2D eigenvalue weighted by Crippen LogP contribution is -2.32. The molecule has 0 aliphatic carbocycles. The Morgan fingerprint density at radius 3 is 2.74 bits per heavy atom. The Hall–Kier alpha value is -2.39. The van der Waals surface area contributed by atoms with Gasteiger partial charge in [-0.05, 0) is 48.8 Å². The molecule has 3 heterocycles. The number of nitrogens with one attached hydrogen (secondary N) is 1. The highest BCUT2D eigenvalue weighted by Gasteiger charge is 2.22. The molecule has 1 aliphatic rings. The van der Waals surface area contributed by atoms with Crippen LogP contribution in [0, 0.1) is 5.92 Å². The molecule has 1 aromatic carbocycles. The number of hydrogen-bond acceptors (Lipinski definition) is 7. The maximum atomic E-state index is 13.3. The van der Waals surface area contributed by atoms with Gasteiger partial charge in [-0.25, -0.2) is 4.98 Å². The van der Waals surface area contributed by atoms with Gasteiger partial charge in [-0.2, -0.15) is 4.98 Å². The van der Waals surface area contributed by atoms with Crippen molar-refractivity contribution >= 4 is 50.2 Å². The van der Waals surface area contributed by atoms with Gasteiger partial charge in [0.2, 0.25) is 5.91 Å². The standard InChI is InChI=1S/C25H33N5O2S2/c1-5-11-30-23(32)21-22(27-24(34-21)29-12-9-17(4)10-13-29)28-25(30)33-15-20(31)26-19-8-6-7-18(14-19)16(2)3/h6-8,14,16-17H,5,9-13,15H2,1-4H3,(H,26,31). The predicted octanol–water partition coefficient (Wildman–Crippen LogP) is 5.35. The quantitative estimate of drug-likeness (QED) is 0.332. The number of thioether (sulfide) groups is 1. The van der Waals surface area contributed by atoms with Crippen LogP contribution in [-0.4, -0.2) is 39.3 Å². The van der Waals surface area contributed by atoms with E-state index in [1.807, 2.05) is 25.1 Å². The Morgan fingerprint density at radius 2 is 2.03 bits per heavy atom. The van der Waals surface area contributed by atoms with E-state index < -0.39 is 0 Å². The van der Waals surface area contributed by atoms with E-state index in [4.69, 9.17) is 9.97 Å². The van der Waals surface area contributed by atoms with Gasteiger partial charge in [0, 0.05) is 25.3 Å². The molecular formula is C25H33N5O2S2. The van der Waals surface area contributed by atoms with Gasteiger partial charge in [0.05, 0.1) is 5.75 Å². The average molecular weight is 500 g/mol. The molecule has 0 spiro atoms. The van der Waals surface area contributed by atoms with Crippen LogP contribution in [0.5, 0.6) is 0 Å². The summed E-state index contributed by atoms with van der Waals surface area (Å²) < 4.78 is 2.29. The zero-order valence-electron chi connectivity index (χ0n) is 20.3. The summed E-state index contributed by atoms with van der Waals surface area (Å²) in [5.74, 6) is 1.17. The maximum Gasteiger partial charge on any atom is 0.273 e. The van der Waals surface area contributed by atoms with E-state index in [1.54, 1.807) is 4.57 Å². The topological polar surface area (TPSA) is 80.1 Å². The third-order valence-corrected chi connectivity index (χ3v) is 8.21. The summed E-state index contributed by atoms with van der Waals surface area (Å²) in [6, 6.07) is 7.91. The number of carbonyl (C=O) groups is 1. The molecule has 9 heteroatoms. The molecule has 0 atom stereocenters. The third kappa shape index (κ3) is 5.63. The lowest BCUT2D eigenvalue weighted by molar-refractivity contribution is -0.113. The number of amides is 1. The van der Waals surface area contributed by atoms with Crippen molar-refractivity contribution in [2.45, 2.75) is 64.6 Å². The van der Waals surface area contributed by atoms with Gasteiger partial charge in [0.15, 0.2) is 15.9 Å². The third-order valence-electron chi connectivity index (χ3n) is 6.14. The molecule has 0 radical (unpaired) electrons. The van der Waals surface area contributed by atoms with Gasteiger partial charge < -0.3 is 10.2 Å². The van der Waals surface area contributed by atoms with Crippen molar-refractivity contribution in [3.05, 3.63) is 40.2 Å². The van der Waals surface area contributed by atoms with Crippen LogP contribution in [0.1, 0.15) is 58.4 Å². The Kier molecular flexibility index (Phi) is 7.93. The van der Waals surface area contributed by atoms with Crippen molar-refractivity contribution in [3.63, 3.8) is 0 Å². The van der Waals surface area contributed by atoms with Crippen molar-refractivity contribution in [1.29, 1.82) is 0 Å². The fraction of sp³-hybridized carbons (Fsp3) is 0.520. The Labute approximate surface area is 209 Å². The molecule has 3 aromatic rings. The molecule has 182 valence electrons. The largest absolute Gasteiger partial charge is 0.348 e. The van der Waals surface area contributed by atoms with E-state index in [0.717, 1.165) is 49.1 Å². The van der Waals surface area contributed by atoms with Gasteiger partial charge in [0.25, 0.3) is 5.56 Å². The molecule has 7 nitrogen and oxygen atoms in total. The van der Waals surface area contributed by atoms with Gasteiger partial charge >= 0.3 is 0 Å². The Bertz CT molecular complexity index is 1210. The highest BCUT2D eigenvalue weighted by molar-refractivity contribution is 7.99. The number of anilines is 2. The second-order valence-electron chi connectivity index (χ2n) is 9.29. The minimum absolute atomic E-state index is 0.0616. The number of fused-ring (bicyclic) bond motifs is 1. The molecule has 1 aliphatic heterocycles. The Morgan fingerprint density at radius 1 is 1.26 bits per heavy atom. The zero-order chi connectivity index (χ0) is 24.2. The van der Waals surface area contributed by atoms with E-state index in [-0.39, 0.29) is 17.2 Å². The molecule has 4 rings (SSSR count). The van der Waals surface area contributed by atoms with Crippen LogP contribution in [0.15, 0.2) is 34.2 Å². The van der Waals surface area contributed by atoms with Crippen LogP contribution in [0.3, 0.4) is 0 Å². The first kappa shape index (κ1) is 24.7. The Balaban J connectivity index is 1.52. The SMILES string of the molecule is CCCn1c(SCC(=O)Nc2cccc(C(C)C)c2)nc2nc(N3CCC(C)CC3)sc2c1=O. The van der Waals surface area contributed by atoms with E-state index in [9.17, 15) is 9.59 Å². The van der Waals surface area contributed by atoms with Crippen LogP contribution < -0.4 is 15.8 Å². The number of benzene rings is 1. The van der Waals surface area contributed by atoms with E-state index in [0.29, 0.717) is 28.0 Å². The molecule has 0 unspecified atom stereocenters. The van der Waals surface area contributed by atoms with Gasteiger partial charge in [-0.15, -0.1) is 0 Å². The number of piperidine rings is 1. The van der Waals surface area contributed by atoms with Crippen LogP contribution in [-0.2, 0) is 11.3 Å². The van der Waals surface area contributed by atoms with E-state index in [1.165, 1.54) is 28.7 Å². The van der Waals surface area contributed by atoms with Gasteiger partial charge in [0.1, 0.15) is 4.70 Å². The van der Waals surface area contributed by atoms with Gasteiger partial charge in [-0.3, -0.25) is 14.2 Å². The second-order valence-corrected chi connectivity index (χ2v) is 11.2. The maximum absolute atomic E-state index is 13.3. The number of rotatable bonds is 8. The van der Waals surface area contributed by atoms with Crippen molar-refractivity contribution in [2.75, 3.05) is 29.1 Å². The average Bonchev–Trinajstić information content (AvgIpc) is 3.25. The minimum atomic E-state index is -0.121. The number of carbonyl (C=O) groups excluding carboxylic acids is 1. The highest BCUT2D eigenvalue weighted by atomic mass is 32.2. The van der Waals surface area contributed by atoms with Crippen LogP contribution in [0.4, 0.5) is 10.8 Å². The van der Waals surface area contributed by atoms with Crippen molar-refractivity contribution in [2.24, 2.45) is 5.92 Å². The number of hydrogen-bond donors (Lipinski definition) is 1. The summed E-state index contributed by atoms with van der Waals surface area (Å²) in [6.45, 7) is 11.1. The van der Waals surface area contributed by atoms with Gasteiger partial charge in [-0.1, -0.05) is 62.9 Å². The molecule has 2 aromatic heterocycles. The van der Waals surface area contributed by atoms with E-state index in [2.05, 4.69) is 37.1 Å². The molecule has 34 heavy (non-hydrogen) atoms. The fourth-order valence-corrected chi connectivity index (χ4v) is 5.87. The molecule has 1 amide bonds. The molecule has 0 bridgehead atoms. The van der Waals surface area contributed by atoms with Crippen LogP contribution in [0.2, 0.25) is 0 Å². The summed E-state index contributed by atoms with van der Waals surface area (Å²) in [5.41, 5.74) is 2.39. The lowest BCUT2D eigenvalue weighted by atomic mass is 10.00. The minimum Gasteiger partial charge on any atom is -0.348 e. The highest BCUT2D eigenvalue weighted by Crippen LogP contribution is 2.30. The summed E-state index contributed by atoms with van der Waals surface area (Å²) in [7, 11) is 0. The molecule has 1 fully saturated rings. The zero-order valence-corrected chi connectivity index (χ0v) is 22.0. The molecule has 1 N–H and O–H groups in total. The summed E-state index contributed by atoms with van der Waals surface area (Å²) >= 11 is 2.73. The summed E-state index contributed by atoms with van der Waals surface area (Å²) in [4.78, 5) is 37.6. The van der Waals surface area contributed by atoms with Crippen molar-refractivity contribution in [1.82, 2.24) is 14.5 Å². The first-order chi connectivity index (χ1) is 16.4. The first-order valence-corrected chi connectivity index (χ1v) is 13.8. The number of nitrogens with zero attached hydrogens (tertiary/aromatic N) is 4. The summed E-state index contributed by atoms with van der Waals surface area (Å²) in [6.07, 6.45) is 3.09. The monoisotopic (exact) mass is 499 g/mol. The number of aromatic nitrogens is 3. The first-order valence-electron chi connectivity index (χ1n) is 12.0. The van der Waals surface area contributed by atoms with Crippen LogP contribution in [0.25, 0.3) is 10.3 Å². The fourth-order valence-electron chi connectivity index (χ4n) is 4.05. The number of thiazole rings is 1.